The van der Waals surface area contributed by atoms with Crippen LogP contribution in [0.2, 0.25) is 0 Å². The molecule has 1 aromatic heterocycles. The van der Waals surface area contributed by atoms with Crippen molar-refractivity contribution in [1.82, 2.24) is 10.2 Å². The molecule has 0 fully saturated rings. The summed E-state index contributed by atoms with van der Waals surface area (Å²) in [6, 6.07) is 7.45. The summed E-state index contributed by atoms with van der Waals surface area (Å²) in [5.41, 5.74) is 1.07. The van der Waals surface area contributed by atoms with E-state index in [0.717, 1.165) is 4.47 Å². The first-order valence-electron chi connectivity index (χ1n) is 6.83. The van der Waals surface area contributed by atoms with Crippen LogP contribution in [-0.2, 0) is 10.2 Å². The van der Waals surface area contributed by atoms with Crippen molar-refractivity contribution in [3.63, 3.8) is 0 Å². The van der Waals surface area contributed by atoms with Crippen LogP contribution in [0.4, 0.5) is 5.69 Å². The van der Waals surface area contributed by atoms with Crippen LogP contribution in [0.3, 0.4) is 0 Å². The minimum atomic E-state index is -1.34. The molecule has 1 amide bonds. The zero-order valence-corrected chi connectivity index (χ0v) is 13.5. The molecule has 0 saturated heterocycles. The number of carbonyl (C=O) groups excluding carboxylic acids is 1. The minimum absolute atomic E-state index is 0.168. The normalized spacial score (nSPS) is 24.7. The summed E-state index contributed by atoms with van der Waals surface area (Å²) in [6.45, 7) is 1.77. The molecule has 3 N–H and O–H groups in total. The molecule has 8 heteroatoms. The summed E-state index contributed by atoms with van der Waals surface area (Å²) in [4.78, 5) is 13.0. The highest BCUT2D eigenvalue weighted by Gasteiger charge is 2.61. The molecule has 7 nitrogen and oxygen atoms in total. The second kappa shape index (κ2) is 4.43. The number of carbonyl (C=O) groups is 1. The summed E-state index contributed by atoms with van der Waals surface area (Å²) >= 11 is 3.41. The quantitative estimate of drug-likeness (QED) is 0.658. The van der Waals surface area contributed by atoms with Gasteiger partial charge in [0.25, 0.3) is 0 Å². The fraction of sp³-hybridized carbons (Fsp3) is 0.200. The van der Waals surface area contributed by atoms with Crippen LogP contribution in [0.5, 0.6) is 5.88 Å². The average molecular weight is 372 g/mol. The molecule has 2 atom stereocenters. The predicted octanol–water partition coefficient (Wildman–Crippen LogP) is 2.23. The first kappa shape index (κ1) is 14.0. The lowest BCUT2D eigenvalue weighted by atomic mass is 9.65. The number of nitrogens with zero attached hydrogens (tertiary/aromatic N) is 2. The maximum absolute atomic E-state index is 13.0. The standard InChI is InChI=1S/C15H10BrN5O2/c1-6-11-13(21-20-6)23-12(18)9(5-17)15(11)8-4-7(16)2-3-10(8)19-14(15)22/h2-4,9,18H,1H3,(H,19,22)(H,20,21). The Balaban J connectivity index is 2.15. The molecule has 0 aliphatic carbocycles. The molecule has 2 aromatic rings. The van der Waals surface area contributed by atoms with Gasteiger partial charge < -0.3 is 10.1 Å². The number of hydrogen-bond donors (Lipinski definition) is 3. The van der Waals surface area contributed by atoms with Crippen LogP contribution in [0.1, 0.15) is 16.8 Å². The molecule has 0 bridgehead atoms. The Labute approximate surface area is 139 Å². The van der Waals surface area contributed by atoms with Gasteiger partial charge in [0, 0.05) is 15.9 Å². The van der Waals surface area contributed by atoms with E-state index >= 15 is 0 Å². The lowest BCUT2D eigenvalue weighted by Gasteiger charge is -2.35. The largest absolute Gasteiger partial charge is 0.422 e. The van der Waals surface area contributed by atoms with Gasteiger partial charge in [-0.2, -0.15) is 5.26 Å². The van der Waals surface area contributed by atoms with Crippen LogP contribution < -0.4 is 10.1 Å². The van der Waals surface area contributed by atoms with Gasteiger partial charge in [-0.25, -0.2) is 0 Å². The Morgan fingerprint density at radius 3 is 3.04 bits per heavy atom. The van der Waals surface area contributed by atoms with Crippen molar-refractivity contribution in [1.29, 1.82) is 10.7 Å². The summed E-state index contributed by atoms with van der Waals surface area (Å²) < 4.78 is 6.15. The Morgan fingerprint density at radius 2 is 2.30 bits per heavy atom. The number of hydrogen-bond acceptors (Lipinski definition) is 5. The second-order valence-electron chi connectivity index (χ2n) is 5.51. The molecular formula is C15H10BrN5O2. The third kappa shape index (κ3) is 1.55. The van der Waals surface area contributed by atoms with Gasteiger partial charge in [-0.15, -0.1) is 5.10 Å². The van der Waals surface area contributed by atoms with Gasteiger partial charge in [0.2, 0.25) is 17.7 Å². The van der Waals surface area contributed by atoms with Crippen molar-refractivity contribution < 1.29 is 9.53 Å². The molecule has 0 saturated carbocycles. The predicted molar refractivity (Wildman–Crippen MR) is 84.3 cm³/mol. The van der Waals surface area contributed by atoms with Crippen molar-refractivity contribution in [2.75, 3.05) is 5.32 Å². The lowest BCUT2D eigenvalue weighted by molar-refractivity contribution is -0.120. The molecule has 1 spiro atoms. The molecule has 3 heterocycles. The number of anilines is 1. The number of aromatic amines is 1. The summed E-state index contributed by atoms with van der Waals surface area (Å²) in [7, 11) is 0. The van der Waals surface area contributed by atoms with Crippen LogP contribution in [-0.4, -0.2) is 22.0 Å². The number of nitrogens with one attached hydrogen (secondary N) is 3. The number of benzene rings is 1. The number of H-pyrrole nitrogens is 1. The Bertz CT molecular complexity index is 928. The lowest BCUT2D eigenvalue weighted by Crippen LogP contribution is -2.50. The average Bonchev–Trinajstić information content (AvgIpc) is 3.00. The number of aryl methyl sites for hydroxylation is 1. The Morgan fingerprint density at radius 1 is 1.52 bits per heavy atom. The van der Waals surface area contributed by atoms with E-state index in [4.69, 9.17) is 10.1 Å². The summed E-state index contributed by atoms with van der Waals surface area (Å²) in [5, 5.41) is 27.4. The molecule has 2 unspecified atom stereocenters. The topological polar surface area (TPSA) is 115 Å². The van der Waals surface area contributed by atoms with Gasteiger partial charge in [-0.05, 0) is 30.7 Å². The van der Waals surface area contributed by atoms with E-state index in [-0.39, 0.29) is 17.7 Å². The summed E-state index contributed by atoms with van der Waals surface area (Å²) in [6.07, 6.45) is 0. The Hall–Kier alpha value is -2.66. The monoisotopic (exact) mass is 371 g/mol. The van der Waals surface area contributed by atoms with Crippen molar-refractivity contribution in [2.45, 2.75) is 12.3 Å². The zero-order chi connectivity index (χ0) is 16.4. The molecule has 114 valence electrons. The fourth-order valence-electron chi connectivity index (χ4n) is 3.43. The van der Waals surface area contributed by atoms with Gasteiger partial charge >= 0.3 is 0 Å². The maximum Gasteiger partial charge on any atom is 0.244 e. The van der Waals surface area contributed by atoms with Crippen LogP contribution in [0, 0.1) is 29.6 Å². The van der Waals surface area contributed by atoms with E-state index in [9.17, 15) is 10.1 Å². The van der Waals surface area contributed by atoms with Gasteiger partial charge in [0.05, 0.1) is 11.6 Å². The smallest absolute Gasteiger partial charge is 0.244 e. The molecule has 2 aliphatic rings. The molecule has 23 heavy (non-hydrogen) atoms. The third-order valence-corrected chi connectivity index (χ3v) is 4.85. The highest BCUT2D eigenvalue weighted by Crippen LogP contribution is 2.54. The molecule has 0 radical (unpaired) electrons. The molecule has 1 aromatic carbocycles. The number of rotatable bonds is 0. The van der Waals surface area contributed by atoms with E-state index in [1.165, 1.54) is 0 Å². The van der Waals surface area contributed by atoms with Gasteiger partial charge in [0.15, 0.2) is 0 Å². The van der Waals surface area contributed by atoms with Crippen molar-refractivity contribution in [2.24, 2.45) is 5.92 Å². The first-order valence-corrected chi connectivity index (χ1v) is 7.62. The highest BCUT2D eigenvalue weighted by molar-refractivity contribution is 9.10. The Kier molecular flexibility index (Phi) is 2.69. The van der Waals surface area contributed by atoms with Crippen LogP contribution >= 0.6 is 15.9 Å². The number of halogens is 1. The van der Waals surface area contributed by atoms with Crippen LogP contribution in [0.15, 0.2) is 22.7 Å². The van der Waals surface area contributed by atoms with Gasteiger partial charge in [-0.3, -0.25) is 15.3 Å². The van der Waals surface area contributed by atoms with Gasteiger partial charge in [-0.1, -0.05) is 15.9 Å². The molecule has 2 aliphatic heterocycles. The van der Waals surface area contributed by atoms with Crippen molar-refractivity contribution >= 4 is 33.4 Å². The minimum Gasteiger partial charge on any atom is -0.422 e. The number of nitriles is 1. The number of fused-ring (bicyclic) bond motifs is 4. The van der Waals surface area contributed by atoms with Crippen LogP contribution in [0.25, 0.3) is 0 Å². The second-order valence-corrected chi connectivity index (χ2v) is 6.42. The number of aromatic nitrogens is 2. The summed E-state index contributed by atoms with van der Waals surface area (Å²) in [5.74, 6) is -1.53. The van der Waals surface area contributed by atoms with E-state index in [1.807, 2.05) is 6.07 Å². The van der Waals surface area contributed by atoms with Gasteiger partial charge in [0.1, 0.15) is 11.3 Å². The first-order chi connectivity index (χ1) is 11.0. The van der Waals surface area contributed by atoms with Crippen molar-refractivity contribution in [3.8, 4) is 11.9 Å². The third-order valence-electron chi connectivity index (χ3n) is 4.35. The van der Waals surface area contributed by atoms with E-state index in [1.54, 1.807) is 19.1 Å². The number of ether oxygens (including phenoxy) is 1. The SMILES string of the molecule is Cc1[nH]nc2c1C1(C(=O)Nc3ccc(Br)cc31)C(C#N)C(=N)O2. The van der Waals surface area contributed by atoms with E-state index in [0.29, 0.717) is 22.5 Å². The van der Waals surface area contributed by atoms with E-state index < -0.39 is 11.3 Å². The number of amides is 1. The molecule has 4 rings (SSSR count). The van der Waals surface area contributed by atoms with E-state index in [2.05, 4.69) is 37.5 Å². The maximum atomic E-state index is 13.0. The van der Waals surface area contributed by atoms with Crippen molar-refractivity contribution in [3.05, 3.63) is 39.5 Å². The zero-order valence-electron chi connectivity index (χ0n) is 11.9. The fourth-order valence-corrected chi connectivity index (χ4v) is 3.80. The highest BCUT2D eigenvalue weighted by atomic mass is 79.9. The molecular weight excluding hydrogens is 362 g/mol.